The van der Waals surface area contributed by atoms with Crippen LogP contribution in [0.1, 0.15) is 6.42 Å². The van der Waals surface area contributed by atoms with Gasteiger partial charge in [-0.25, -0.2) is 0 Å². The molecule has 6 nitrogen and oxygen atoms in total. The van der Waals surface area contributed by atoms with Crippen molar-refractivity contribution < 1.29 is 9.53 Å². The van der Waals surface area contributed by atoms with Crippen molar-refractivity contribution in [1.82, 2.24) is 15.1 Å². The van der Waals surface area contributed by atoms with Crippen LogP contribution >= 0.6 is 0 Å². The van der Waals surface area contributed by atoms with E-state index >= 15 is 0 Å². The molecule has 0 radical (unpaired) electrons. The highest BCUT2D eigenvalue weighted by atomic mass is 16.5. The Hall–Kier alpha value is -1.56. The molecule has 1 rings (SSSR count). The molecule has 0 aliphatic carbocycles. The maximum absolute atomic E-state index is 11.3. The van der Waals surface area contributed by atoms with E-state index in [0.29, 0.717) is 19.0 Å². The molecule has 3 N–H and O–H groups in total. The predicted molar refractivity (Wildman–Crippen MR) is 56.1 cm³/mol. The molecule has 0 aromatic carbocycles. The van der Waals surface area contributed by atoms with Crippen molar-refractivity contribution >= 4 is 11.7 Å². The molecular weight excluding hydrogens is 196 g/mol. The van der Waals surface area contributed by atoms with E-state index in [0.717, 1.165) is 6.42 Å². The number of carbonyl (C=O) groups excluding carboxylic acids is 1. The Labute approximate surface area is 88.4 Å². The fraction of sp³-hybridized carbons (Fsp3) is 0.556. The average molecular weight is 212 g/mol. The molecule has 0 saturated heterocycles. The van der Waals surface area contributed by atoms with E-state index in [-0.39, 0.29) is 12.5 Å². The van der Waals surface area contributed by atoms with Crippen LogP contribution in [0.5, 0.6) is 0 Å². The summed E-state index contributed by atoms with van der Waals surface area (Å²) in [5.74, 6) is 0.344. The summed E-state index contributed by atoms with van der Waals surface area (Å²) in [6.45, 7) is 1.46. The topological polar surface area (TPSA) is 82.2 Å². The lowest BCUT2D eigenvalue weighted by molar-refractivity contribution is -0.121. The Kier molecular flexibility index (Phi) is 4.62. The molecule has 1 aromatic rings. The summed E-state index contributed by atoms with van der Waals surface area (Å²) >= 11 is 0. The number of carbonyl (C=O) groups is 1. The first kappa shape index (κ1) is 11.5. The Morgan fingerprint density at radius 3 is 3.13 bits per heavy atom. The molecule has 0 aliphatic heterocycles. The Balaban J connectivity index is 2.18. The van der Waals surface area contributed by atoms with Gasteiger partial charge in [0.05, 0.1) is 0 Å². The zero-order chi connectivity index (χ0) is 11.1. The van der Waals surface area contributed by atoms with Crippen LogP contribution in [0, 0.1) is 0 Å². The summed E-state index contributed by atoms with van der Waals surface area (Å²) < 4.78 is 6.36. The number of nitrogens with zero attached hydrogens (tertiary/aromatic N) is 2. The molecule has 84 valence electrons. The third-order valence-electron chi connectivity index (χ3n) is 1.81. The van der Waals surface area contributed by atoms with Crippen LogP contribution in [0.2, 0.25) is 0 Å². The highest BCUT2D eigenvalue weighted by Crippen LogP contribution is 1.94. The molecule has 6 heteroatoms. The number of nitrogens with one attached hydrogen (secondary N) is 1. The summed E-state index contributed by atoms with van der Waals surface area (Å²) in [5, 5.41) is 6.66. The maximum Gasteiger partial charge on any atom is 0.241 e. The van der Waals surface area contributed by atoms with Gasteiger partial charge in [-0.2, -0.15) is 5.10 Å². The lowest BCUT2D eigenvalue weighted by Gasteiger charge is -2.04. The van der Waals surface area contributed by atoms with Crippen LogP contribution in [0.4, 0.5) is 5.82 Å². The third-order valence-corrected chi connectivity index (χ3v) is 1.81. The fourth-order valence-corrected chi connectivity index (χ4v) is 1.11. The second-order valence-corrected chi connectivity index (χ2v) is 3.13. The van der Waals surface area contributed by atoms with E-state index in [9.17, 15) is 4.79 Å². The third kappa shape index (κ3) is 4.46. The van der Waals surface area contributed by atoms with E-state index in [1.54, 1.807) is 19.4 Å². The van der Waals surface area contributed by atoms with Crippen LogP contribution in [-0.2, 0) is 16.1 Å². The number of methoxy groups -OCH3 is 1. The minimum absolute atomic E-state index is 0.0748. The number of ether oxygens (including phenoxy) is 1. The molecule has 0 bridgehead atoms. The number of hydrogen-bond donors (Lipinski definition) is 2. The van der Waals surface area contributed by atoms with Gasteiger partial charge < -0.3 is 15.8 Å². The molecule has 1 heterocycles. The molecule has 0 fully saturated rings. The zero-order valence-corrected chi connectivity index (χ0v) is 8.77. The van der Waals surface area contributed by atoms with Gasteiger partial charge in [-0.15, -0.1) is 0 Å². The highest BCUT2D eigenvalue weighted by molar-refractivity contribution is 5.75. The highest BCUT2D eigenvalue weighted by Gasteiger charge is 2.02. The number of nitrogen functional groups attached to an aromatic ring is 1. The van der Waals surface area contributed by atoms with Crippen molar-refractivity contribution in [2.45, 2.75) is 13.0 Å². The number of amides is 1. The first-order valence-corrected chi connectivity index (χ1v) is 4.77. The maximum atomic E-state index is 11.3. The predicted octanol–water partition coefficient (Wildman–Crippen LogP) is -0.382. The van der Waals surface area contributed by atoms with Crippen molar-refractivity contribution in [3.8, 4) is 0 Å². The van der Waals surface area contributed by atoms with Crippen LogP contribution in [0.3, 0.4) is 0 Å². The molecule has 0 aliphatic rings. The molecular formula is C9H16N4O2. The summed E-state index contributed by atoms with van der Waals surface area (Å²) in [5.41, 5.74) is 5.41. The van der Waals surface area contributed by atoms with Crippen molar-refractivity contribution in [2.24, 2.45) is 0 Å². The molecule has 15 heavy (non-hydrogen) atoms. The van der Waals surface area contributed by atoms with Gasteiger partial charge in [0.25, 0.3) is 0 Å². The molecule has 0 spiro atoms. The van der Waals surface area contributed by atoms with Gasteiger partial charge in [0.2, 0.25) is 5.91 Å². The van der Waals surface area contributed by atoms with Gasteiger partial charge in [0.1, 0.15) is 12.4 Å². The number of rotatable bonds is 6. The largest absolute Gasteiger partial charge is 0.385 e. The summed E-state index contributed by atoms with van der Waals surface area (Å²) in [6.07, 6.45) is 2.48. The van der Waals surface area contributed by atoms with Crippen molar-refractivity contribution in [2.75, 3.05) is 26.0 Å². The second-order valence-electron chi connectivity index (χ2n) is 3.13. The van der Waals surface area contributed by atoms with Crippen LogP contribution in [-0.4, -0.2) is 35.9 Å². The van der Waals surface area contributed by atoms with Gasteiger partial charge >= 0.3 is 0 Å². The molecule has 0 unspecified atom stereocenters. The second kappa shape index (κ2) is 6.02. The van der Waals surface area contributed by atoms with Crippen LogP contribution in [0.15, 0.2) is 12.3 Å². The molecule has 0 saturated carbocycles. The first-order chi connectivity index (χ1) is 7.22. The standard InChI is InChI=1S/C9H16N4O2/c1-15-6-2-4-11-9(14)7-13-5-3-8(10)12-13/h3,5H,2,4,6-7H2,1H3,(H2,10,12)(H,11,14). The monoisotopic (exact) mass is 212 g/mol. The number of aromatic nitrogens is 2. The van der Waals surface area contributed by atoms with Crippen LogP contribution < -0.4 is 11.1 Å². The minimum atomic E-state index is -0.0748. The smallest absolute Gasteiger partial charge is 0.241 e. The fourth-order valence-electron chi connectivity index (χ4n) is 1.11. The number of nitrogens with two attached hydrogens (primary N) is 1. The van der Waals surface area contributed by atoms with Crippen molar-refractivity contribution in [1.29, 1.82) is 0 Å². The van der Waals surface area contributed by atoms with Gasteiger partial charge in [0.15, 0.2) is 0 Å². The first-order valence-electron chi connectivity index (χ1n) is 4.77. The summed E-state index contributed by atoms with van der Waals surface area (Å²) in [6, 6.07) is 1.65. The minimum Gasteiger partial charge on any atom is -0.385 e. The lowest BCUT2D eigenvalue weighted by Crippen LogP contribution is -2.29. The quantitative estimate of drug-likeness (QED) is 0.630. The van der Waals surface area contributed by atoms with Gasteiger partial charge in [0, 0.05) is 26.5 Å². The van der Waals surface area contributed by atoms with E-state index in [4.69, 9.17) is 10.5 Å². The van der Waals surface area contributed by atoms with Gasteiger partial charge in [-0.1, -0.05) is 0 Å². The summed E-state index contributed by atoms with van der Waals surface area (Å²) in [7, 11) is 1.63. The van der Waals surface area contributed by atoms with E-state index in [1.807, 2.05) is 0 Å². The zero-order valence-electron chi connectivity index (χ0n) is 8.77. The van der Waals surface area contributed by atoms with E-state index in [1.165, 1.54) is 4.68 Å². The van der Waals surface area contributed by atoms with E-state index in [2.05, 4.69) is 10.4 Å². The SMILES string of the molecule is COCCCNC(=O)Cn1ccc(N)n1. The molecule has 0 atom stereocenters. The van der Waals surface area contributed by atoms with Gasteiger partial charge in [-0.05, 0) is 12.5 Å². The van der Waals surface area contributed by atoms with Crippen molar-refractivity contribution in [3.05, 3.63) is 12.3 Å². The number of hydrogen-bond acceptors (Lipinski definition) is 4. The van der Waals surface area contributed by atoms with Gasteiger partial charge in [-0.3, -0.25) is 9.48 Å². The Morgan fingerprint density at radius 2 is 2.53 bits per heavy atom. The normalized spacial score (nSPS) is 10.2. The van der Waals surface area contributed by atoms with Crippen molar-refractivity contribution in [3.63, 3.8) is 0 Å². The number of anilines is 1. The average Bonchev–Trinajstić information content (AvgIpc) is 2.59. The Morgan fingerprint density at radius 1 is 1.73 bits per heavy atom. The van der Waals surface area contributed by atoms with Crippen LogP contribution in [0.25, 0.3) is 0 Å². The Bertz CT molecular complexity index is 311. The van der Waals surface area contributed by atoms with E-state index < -0.39 is 0 Å². The molecule has 1 aromatic heterocycles. The lowest BCUT2D eigenvalue weighted by atomic mass is 10.4. The molecule has 1 amide bonds. The summed E-state index contributed by atoms with van der Waals surface area (Å²) in [4.78, 5) is 11.3.